The summed E-state index contributed by atoms with van der Waals surface area (Å²) in [5, 5.41) is 4.44. The zero-order valence-electron chi connectivity index (χ0n) is 10.8. The summed E-state index contributed by atoms with van der Waals surface area (Å²) < 4.78 is 1.88. The molecule has 2 heterocycles. The molecule has 5 nitrogen and oxygen atoms in total. The van der Waals surface area contributed by atoms with Crippen LogP contribution in [0.25, 0.3) is 0 Å². The smallest absolute Gasteiger partial charge is 0.0684 e. The van der Waals surface area contributed by atoms with Crippen LogP contribution >= 0.6 is 0 Å². The average Bonchev–Trinajstić information content (AvgIpc) is 2.78. The van der Waals surface area contributed by atoms with Gasteiger partial charge in [-0.05, 0) is 24.6 Å². The topological polar surface area (TPSA) is 68.8 Å². The number of pyridine rings is 1. The zero-order valence-corrected chi connectivity index (χ0v) is 10.8. The predicted octanol–water partition coefficient (Wildman–Crippen LogP) is 1.12. The third-order valence-corrected chi connectivity index (χ3v) is 3.03. The number of hydrogen-bond donors (Lipinski definition) is 2. The van der Waals surface area contributed by atoms with Gasteiger partial charge in [-0.2, -0.15) is 5.10 Å². The first-order valence-electron chi connectivity index (χ1n) is 6.13. The Labute approximate surface area is 107 Å². The molecule has 3 N–H and O–H groups in total. The first-order chi connectivity index (χ1) is 8.74. The molecule has 0 bridgehead atoms. The summed E-state index contributed by atoms with van der Waals surface area (Å²) >= 11 is 0. The Hall–Kier alpha value is -1.72. The normalized spacial score (nSPS) is 12.6. The number of aromatic nitrogens is 3. The third-order valence-electron chi connectivity index (χ3n) is 3.03. The highest BCUT2D eigenvalue weighted by Crippen LogP contribution is 2.17. The molecule has 96 valence electrons. The van der Waals surface area contributed by atoms with Crippen molar-refractivity contribution in [2.24, 2.45) is 12.9 Å². The van der Waals surface area contributed by atoms with Crippen LogP contribution in [0.5, 0.6) is 0 Å². The van der Waals surface area contributed by atoms with Gasteiger partial charge in [-0.1, -0.05) is 13.0 Å². The molecule has 1 atom stereocenters. The summed E-state index contributed by atoms with van der Waals surface area (Å²) in [7, 11) is 1.94. The van der Waals surface area contributed by atoms with E-state index in [2.05, 4.69) is 28.5 Å². The molecule has 0 radical (unpaired) electrons. The van der Waals surface area contributed by atoms with E-state index < -0.39 is 0 Å². The maximum absolute atomic E-state index is 5.65. The van der Waals surface area contributed by atoms with Gasteiger partial charge in [0.2, 0.25) is 0 Å². The second-order valence-corrected chi connectivity index (χ2v) is 4.28. The van der Waals surface area contributed by atoms with Crippen LogP contribution in [0.1, 0.15) is 30.0 Å². The Morgan fingerprint density at radius 3 is 2.78 bits per heavy atom. The van der Waals surface area contributed by atoms with Gasteiger partial charge in [-0.25, -0.2) is 0 Å². The highest BCUT2D eigenvalue weighted by molar-refractivity contribution is 5.17. The molecule has 0 spiro atoms. The van der Waals surface area contributed by atoms with Gasteiger partial charge >= 0.3 is 0 Å². The van der Waals surface area contributed by atoms with E-state index in [9.17, 15) is 0 Å². The summed E-state index contributed by atoms with van der Waals surface area (Å²) in [5.41, 5.74) is 6.02. The maximum Gasteiger partial charge on any atom is 0.0684 e. The number of hydrogen-bond acceptors (Lipinski definition) is 4. The highest BCUT2D eigenvalue weighted by Gasteiger charge is 2.16. The second-order valence-electron chi connectivity index (χ2n) is 4.28. The Kier molecular flexibility index (Phi) is 4.07. The largest absolute Gasteiger partial charge is 0.271 e. The first-order valence-corrected chi connectivity index (χ1v) is 6.13. The second kappa shape index (κ2) is 5.75. The van der Waals surface area contributed by atoms with Crippen LogP contribution in [0.4, 0.5) is 0 Å². The number of nitrogens with two attached hydrogens (primary N) is 1. The molecular weight excluding hydrogens is 226 g/mol. The van der Waals surface area contributed by atoms with Crippen LogP contribution in [0.3, 0.4) is 0 Å². The van der Waals surface area contributed by atoms with Gasteiger partial charge in [-0.15, -0.1) is 0 Å². The van der Waals surface area contributed by atoms with Crippen molar-refractivity contribution >= 4 is 0 Å². The number of nitrogens with one attached hydrogen (secondary N) is 1. The minimum atomic E-state index is 0.0256. The Balaban J connectivity index is 2.20. The number of aryl methyl sites for hydroxylation is 2. The van der Waals surface area contributed by atoms with Crippen molar-refractivity contribution in [2.75, 3.05) is 0 Å². The molecule has 0 aliphatic rings. The standard InChI is InChI=1S/C13H19N5/c1-3-10-9-13(18(2)17-10)12(16-14)8-11-6-4-5-7-15-11/h4-7,9,12,16H,3,8,14H2,1-2H3. The number of nitrogens with zero attached hydrogens (tertiary/aromatic N) is 3. The Morgan fingerprint density at radius 1 is 1.39 bits per heavy atom. The molecule has 5 heteroatoms. The molecule has 0 saturated carbocycles. The lowest BCUT2D eigenvalue weighted by molar-refractivity contribution is 0.504. The van der Waals surface area contributed by atoms with Gasteiger partial charge in [0.1, 0.15) is 0 Å². The van der Waals surface area contributed by atoms with Crippen molar-refractivity contribution in [1.82, 2.24) is 20.2 Å². The zero-order chi connectivity index (χ0) is 13.0. The fourth-order valence-electron chi connectivity index (χ4n) is 2.02. The van der Waals surface area contributed by atoms with Gasteiger partial charge in [0, 0.05) is 25.4 Å². The van der Waals surface area contributed by atoms with Gasteiger partial charge in [0.25, 0.3) is 0 Å². The lowest BCUT2D eigenvalue weighted by Gasteiger charge is -2.15. The predicted molar refractivity (Wildman–Crippen MR) is 70.6 cm³/mol. The molecule has 2 aromatic rings. The SMILES string of the molecule is CCc1cc(C(Cc2ccccn2)NN)n(C)n1. The van der Waals surface area contributed by atoms with Crippen molar-refractivity contribution in [1.29, 1.82) is 0 Å². The van der Waals surface area contributed by atoms with E-state index in [1.54, 1.807) is 6.20 Å². The molecule has 2 rings (SSSR count). The summed E-state index contributed by atoms with van der Waals surface area (Å²) in [6.45, 7) is 2.09. The van der Waals surface area contributed by atoms with Gasteiger partial charge in [0.15, 0.2) is 0 Å². The van der Waals surface area contributed by atoms with E-state index >= 15 is 0 Å². The van der Waals surface area contributed by atoms with Gasteiger partial charge in [0.05, 0.1) is 17.4 Å². The summed E-state index contributed by atoms with van der Waals surface area (Å²) in [4.78, 5) is 4.32. The molecule has 0 aliphatic carbocycles. The highest BCUT2D eigenvalue weighted by atomic mass is 15.3. The molecule has 0 aliphatic heterocycles. The van der Waals surface area contributed by atoms with E-state index in [-0.39, 0.29) is 6.04 Å². The number of hydrazine groups is 1. The van der Waals surface area contributed by atoms with E-state index in [4.69, 9.17) is 5.84 Å². The number of rotatable bonds is 5. The van der Waals surface area contributed by atoms with Gasteiger partial charge < -0.3 is 0 Å². The van der Waals surface area contributed by atoms with Crippen LogP contribution in [0.15, 0.2) is 30.5 Å². The summed E-state index contributed by atoms with van der Waals surface area (Å²) in [6.07, 6.45) is 3.47. The molecule has 2 aromatic heterocycles. The van der Waals surface area contributed by atoms with Crippen LogP contribution in [-0.4, -0.2) is 14.8 Å². The van der Waals surface area contributed by atoms with E-state index in [0.29, 0.717) is 0 Å². The van der Waals surface area contributed by atoms with E-state index in [1.165, 1.54) is 0 Å². The Morgan fingerprint density at radius 2 is 2.22 bits per heavy atom. The summed E-state index contributed by atoms with van der Waals surface area (Å²) in [5.74, 6) is 5.65. The van der Waals surface area contributed by atoms with Crippen molar-refractivity contribution in [2.45, 2.75) is 25.8 Å². The minimum absolute atomic E-state index is 0.0256. The molecule has 0 aromatic carbocycles. The third kappa shape index (κ3) is 2.75. The van der Waals surface area contributed by atoms with Crippen molar-refractivity contribution in [3.8, 4) is 0 Å². The molecule has 0 amide bonds. The van der Waals surface area contributed by atoms with Crippen LogP contribution in [0.2, 0.25) is 0 Å². The van der Waals surface area contributed by atoms with Gasteiger partial charge in [-0.3, -0.25) is 20.9 Å². The molecule has 0 fully saturated rings. The first kappa shape index (κ1) is 12.7. The maximum atomic E-state index is 5.65. The van der Waals surface area contributed by atoms with Crippen molar-refractivity contribution < 1.29 is 0 Å². The van der Waals surface area contributed by atoms with Crippen molar-refractivity contribution in [3.05, 3.63) is 47.5 Å². The van der Waals surface area contributed by atoms with Crippen LogP contribution in [0, 0.1) is 0 Å². The van der Waals surface area contributed by atoms with E-state index in [1.807, 2.05) is 29.9 Å². The fraction of sp³-hybridized carbons (Fsp3) is 0.385. The average molecular weight is 245 g/mol. The Bertz CT molecular complexity index is 491. The summed E-state index contributed by atoms with van der Waals surface area (Å²) in [6, 6.07) is 8.01. The molecule has 18 heavy (non-hydrogen) atoms. The molecule has 1 unspecified atom stereocenters. The van der Waals surface area contributed by atoms with Crippen LogP contribution in [-0.2, 0) is 19.9 Å². The quantitative estimate of drug-likeness (QED) is 0.612. The van der Waals surface area contributed by atoms with Crippen molar-refractivity contribution in [3.63, 3.8) is 0 Å². The molecule has 0 saturated heterocycles. The monoisotopic (exact) mass is 245 g/mol. The fourth-order valence-corrected chi connectivity index (χ4v) is 2.02. The van der Waals surface area contributed by atoms with E-state index in [0.717, 1.165) is 29.9 Å². The molecular formula is C13H19N5. The lowest BCUT2D eigenvalue weighted by Crippen LogP contribution is -2.31. The lowest BCUT2D eigenvalue weighted by atomic mass is 10.1. The van der Waals surface area contributed by atoms with Crippen LogP contribution < -0.4 is 11.3 Å². The minimum Gasteiger partial charge on any atom is -0.271 e.